The second-order valence-electron chi connectivity index (χ2n) is 7.61. The van der Waals surface area contributed by atoms with Gasteiger partial charge in [-0.15, -0.1) is 0 Å². The van der Waals surface area contributed by atoms with Gasteiger partial charge >= 0.3 is 6.61 Å². The van der Waals surface area contributed by atoms with Crippen molar-refractivity contribution in [2.75, 3.05) is 20.3 Å². The second kappa shape index (κ2) is 10.5. The van der Waals surface area contributed by atoms with Crippen molar-refractivity contribution in [2.45, 2.75) is 31.9 Å². The lowest BCUT2D eigenvalue weighted by Crippen LogP contribution is -2.23. The molecule has 1 aromatic heterocycles. The summed E-state index contributed by atoms with van der Waals surface area (Å²) in [6.07, 6.45) is 3.11. The molecule has 1 heterocycles. The summed E-state index contributed by atoms with van der Waals surface area (Å²) < 4.78 is 46.9. The topological polar surface area (TPSA) is 103 Å². The van der Waals surface area contributed by atoms with E-state index in [1.165, 1.54) is 19.4 Å². The van der Waals surface area contributed by atoms with E-state index in [4.69, 9.17) is 23.7 Å². The van der Waals surface area contributed by atoms with Crippen LogP contribution in [0.2, 0.25) is 0 Å². The van der Waals surface area contributed by atoms with Gasteiger partial charge in [-0.25, -0.2) is 4.98 Å². The summed E-state index contributed by atoms with van der Waals surface area (Å²) in [6.45, 7) is -2.95. The number of aliphatic hydroxyl groups excluding tert-OH is 1. The number of rotatable bonds is 11. The summed E-state index contributed by atoms with van der Waals surface area (Å²) in [6, 6.07) is 9.72. The number of halogens is 2. The number of aromatic nitrogens is 1. The number of nitrogens with zero attached hydrogens (tertiary/aromatic N) is 1. The molecule has 0 aliphatic heterocycles. The van der Waals surface area contributed by atoms with E-state index in [0.717, 1.165) is 12.8 Å². The van der Waals surface area contributed by atoms with E-state index >= 15 is 0 Å². The zero-order valence-corrected chi connectivity index (χ0v) is 18.4. The van der Waals surface area contributed by atoms with Gasteiger partial charge in [0.15, 0.2) is 0 Å². The van der Waals surface area contributed by atoms with Gasteiger partial charge in [0, 0.05) is 5.56 Å². The fraction of sp³-hybridized carbons (Fsp3) is 0.333. The lowest BCUT2D eigenvalue weighted by molar-refractivity contribution is -0.0505. The Kier molecular flexibility index (Phi) is 7.27. The van der Waals surface area contributed by atoms with Crippen LogP contribution in [0.5, 0.6) is 17.2 Å². The Labute approximate surface area is 194 Å². The van der Waals surface area contributed by atoms with Crippen LogP contribution in [0.4, 0.5) is 8.78 Å². The predicted molar refractivity (Wildman–Crippen MR) is 117 cm³/mol. The molecule has 8 nitrogen and oxygen atoms in total. The third-order valence-corrected chi connectivity index (χ3v) is 5.25. The van der Waals surface area contributed by atoms with E-state index in [-0.39, 0.29) is 43.2 Å². The molecule has 2 N–H and O–H groups in total. The van der Waals surface area contributed by atoms with Crippen LogP contribution in [0.15, 0.2) is 47.1 Å². The minimum absolute atomic E-state index is 0.0722. The zero-order chi connectivity index (χ0) is 24.1. The molecule has 4 rings (SSSR count). The van der Waals surface area contributed by atoms with E-state index in [2.05, 4.69) is 10.3 Å². The maximum absolute atomic E-state index is 12.9. The molecule has 1 fully saturated rings. The monoisotopic (exact) mass is 474 g/mol. The number of para-hydroxylation sites is 1. The Morgan fingerprint density at radius 1 is 1.24 bits per heavy atom. The summed E-state index contributed by atoms with van der Waals surface area (Å²) in [5.74, 6) is 0.759. The van der Waals surface area contributed by atoms with E-state index in [0.29, 0.717) is 33.9 Å². The summed E-state index contributed by atoms with van der Waals surface area (Å²) >= 11 is 0. The maximum Gasteiger partial charge on any atom is 0.387 e. The minimum atomic E-state index is -2.94. The number of amides is 1. The van der Waals surface area contributed by atoms with Gasteiger partial charge in [-0.3, -0.25) is 4.79 Å². The Balaban J connectivity index is 1.51. The number of carbonyl (C=O) groups excluding carboxylic acids is 1. The molecule has 1 aliphatic rings. The molecular formula is C24H24F2N2O6. The predicted octanol–water partition coefficient (Wildman–Crippen LogP) is 4.13. The summed E-state index contributed by atoms with van der Waals surface area (Å²) in [4.78, 5) is 17.0. The number of oxazole rings is 1. The molecule has 180 valence electrons. The second-order valence-corrected chi connectivity index (χ2v) is 7.61. The molecule has 0 radical (unpaired) electrons. The number of aliphatic hydroxyl groups is 1. The fourth-order valence-electron chi connectivity index (χ4n) is 3.64. The summed E-state index contributed by atoms with van der Waals surface area (Å²) in [5.41, 5.74) is 1.87. The van der Waals surface area contributed by atoms with E-state index in [1.807, 2.05) is 0 Å². The Morgan fingerprint density at radius 3 is 2.74 bits per heavy atom. The van der Waals surface area contributed by atoms with Gasteiger partial charge in [-0.2, -0.15) is 8.78 Å². The summed E-state index contributed by atoms with van der Waals surface area (Å²) in [7, 11) is 1.46. The van der Waals surface area contributed by atoms with Crippen LogP contribution in [-0.4, -0.2) is 42.9 Å². The molecular weight excluding hydrogens is 450 g/mol. The van der Waals surface area contributed by atoms with Crippen LogP contribution in [0, 0.1) is 0 Å². The van der Waals surface area contributed by atoms with Crippen molar-refractivity contribution in [3.63, 3.8) is 0 Å². The highest BCUT2D eigenvalue weighted by Gasteiger charge is 2.33. The molecule has 0 atom stereocenters. The summed E-state index contributed by atoms with van der Waals surface area (Å²) in [5, 5.41) is 11.7. The Hall–Kier alpha value is -3.66. The number of nitrogens with one attached hydrogen (secondary N) is 1. The van der Waals surface area contributed by atoms with Crippen molar-refractivity contribution in [3.05, 3.63) is 59.5 Å². The van der Waals surface area contributed by atoms with Crippen molar-refractivity contribution in [3.8, 4) is 28.7 Å². The van der Waals surface area contributed by atoms with Crippen molar-refractivity contribution >= 4 is 5.91 Å². The Morgan fingerprint density at radius 2 is 2.03 bits per heavy atom. The molecule has 0 spiro atoms. The maximum atomic E-state index is 12.9. The number of methoxy groups -OCH3 is 1. The van der Waals surface area contributed by atoms with Crippen molar-refractivity contribution in [2.24, 2.45) is 0 Å². The van der Waals surface area contributed by atoms with Gasteiger partial charge in [0.25, 0.3) is 5.91 Å². The largest absolute Gasteiger partial charge is 0.495 e. The molecule has 1 amide bonds. The van der Waals surface area contributed by atoms with Gasteiger partial charge in [0.1, 0.15) is 30.1 Å². The van der Waals surface area contributed by atoms with Gasteiger partial charge < -0.3 is 29.1 Å². The number of alkyl halides is 2. The zero-order valence-electron chi connectivity index (χ0n) is 18.4. The van der Waals surface area contributed by atoms with E-state index < -0.39 is 6.61 Å². The standard InChI is InChI=1S/C24H24F2N2O6/c1-31-21-17(8-9-19(34-24(25)26)20(21)14-6-7-14)23-28-15(13-33-23)12-27-22(30)16-4-2-3-5-18(16)32-11-10-29/h2-5,8-9,13-14,24,29H,6-7,10-12H2,1H3,(H,27,30). The average molecular weight is 474 g/mol. The van der Waals surface area contributed by atoms with Gasteiger partial charge in [0.05, 0.1) is 37.1 Å². The quantitative estimate of drug-likeness (QED) is 0.431. The molecule has 10 heteroatoms. The molecule has 0 saturated heterocycles. The first kappa shape index (κ1) is 23.5. The number of hydrogen-bond acceptors (Lipinski definition) is 7. The van der Waals surface area contributed by atoms with Crippen LogP contribution < -0.4 is 19.5 Å². The first-order valence-electron chi connectivity index (χ1n) is 10.7. The highest BCUT2D eigenvalue weighted by molar-refractivity contribution is 5.96. The van der Waals surface area contributed by atoms with Crippen molar-refractivity contribution in [1.82, 2.24) is 10.3 Å². The van der Waals surface area contributed by atoms with Gasteiger partial charge in [-0.05, 0) is 43.0 Å². The molecule has 0 bridgehead atoms. The van der Waals surface area contributed by atoms with Crippen LogP contribution >= 0.6 is 0 Å². The van der Waals surface area contributed by atoms with Gasteiger partial charge in [0.2, 0.25) is 5.89 Å². The number of benzene rings is 2. The normalized spacial score (nSPS) is 13.1. The average Bonchev–Trinajstić information content (AvgIpc) is 3.57. The highest BCUT2D eigenvalue weighted by Crippen LogP contribution is 2.51. The number of carbonyl (C=O) groups is 1. The van der Waals surface area contributed by atoms with Crippen LogP contribution in [0.3, 0.4) is 0 Å². The van der Waals surface area contributed by atoms with Crippen LogP contribution in [0.25, 0.3) is 11.5 Å². The third kappa shape index (κ3) is 5.28. The smallest absolute Gasteiger partial charge is 0.387 e. The van der Waals surface area contributed by atoms with E-state index in [1.54, 1.807) is 30.3 Å². The lowest BCUT2D eigenvalue weighted by Gasteiger charge is -2.16. The SMILES string of the molecule is COc1c(-c2nc(CNC(=O)c3ccccc3OCCO)co2)ccc(OC(F)F)c1C1CC1. The number of ether oxygens (including phenoxy) is 3. The van der Waals surface area contributed by atoms with E-state index in [9.17, 15) is 13.6 Å². The minimum Gasteiger partial charge on any atom is -0.495 e. The van der Waals surface area contributed by atoms with Crippen LogP contribution in [0.1, 0.15) is 40.4 Å². The van der Waals surface area contributed by atoms with Crippen molar-refractivity contribution in [1.29, 1.82) is 0 Å². The molecule has 1 saturated carbocycles. The molecule has 1 aliphatic carbocycles. The first-order valence-corrected chi connectivity index (χ1v) is 10.7. The highest BCUT2D eigenvalue weighted by atomic mass is 19.3. The van der Waals surface area contributed by atoms with Crippen LogP contribution in [-0.2, 0) is 6.54 Å². The Bertz CT molecular complexity index is 1150. The molecule has 2 aromatic carbocycles. The molecule has 0 unspecified atom stereocenters. The molecule has 34 heavy (non-hydrogen) atoms. The fourth-order valence-corrected chi connectivity index (χ4v) is 3.64. The lowest BCUT2D eigenvalue weighted by atomic mass is 10.0. The molecule has 3 aromatic rings. The third-order valence-electron chi connectivity index (χ3n) is 5.25. The van der Waals surface area contributed by atoms with Gasteiger partial charge in [-0.1, -0.05) is 12.1 Å². The number of hydrogen-bond donors (Lipinski definition) is 2. The van der Waals surface area contributed by atoms with Crippen molar-refractivity contribution < 1.29 is 37.3 Å². The first-order chi connectivity index (χ1) is 16.5.